The Bertz CT molecular complexity index is 712. The maximum absolute atomic E-state index is 14.2. The lowest BCUT2D eigenvalue weighted by Crippen LogP contribution is -2.22. The van der Waals surface area contributed by atoms with Crippen LogP contribution in [0, 0.1) is 5.82 Å². The van der Waals surface area contributed by atoms with Crippen LogP contribution < -0.4 is 10.2 Å². The average Bonchev–Trinajstić information content (AvgIpc) is 2.57. The highest BCUT2D eigenvalue weighted by Crippen LogP contribution is 2.36. The van der Waals surface area contributed by atoms with E-state index in [0.29, 0.717) is 35.5 Å². The maximum atomic E-state index is 14.2. The number of alkyl halides is 1. The number of benzene rings is 1. The zero-order valence-corrected chi connectivity index (χ0v) is 15.9. The van der Waals surface area contributed by atoms with E-state index in [-0.39, 0.29) is 11.1 Å². The molecule has 0 saturated heterocycles. The predicted octanol–water partition coefficient (Wildman–Crippen LogP) is 5.37. The van der Waals surface area contributed by atoms with Gasteiger partial charge in [-0.15, -0.1) is 0 Å². The van der Waals surface area contributed by atoms with Crippen LogP contribution in [-0.2, 0) is 0 Å². The standard InChI is InChI=1S/C15H15BrClFN4.CH3F/c1-9(2)8-22(11-7-5-4-6-10(11)18)14-12(16)13(19-3)20-15(17)21-14;1-2/h4-7H,1,8H2,2-3H3,(H,19,20,21);1H3. The van der Waals surface area contributed by atoms with Gasteiger partial charge in [-0.2, -0.15) is 9.97 Å². The van der Waals surface area contributed by atoms with Crippen molar-refractivity contribution in [3.8, 4) is 0 Å². The number of hydrogen-bond acceptors (Lipinski definition) is 4. The Morgan fingerprint density at radius 2 is 1.96 bits per heavy atom. The normalized spacial score (nSPS) is 9.79. The second-order valence-corrected chi connectivity index (χ2v) is 5.85. The summed E-state index contributed by atoms with van der Waals surface area (Å²) in [6.45, 7) is 6.16. The van der Waals surface area contributed by atoms with Crippen molar-refractivity contribution >= 4 is 44.9 Å². The van der Waals surface area contributed by atoms with Crippen LogP contribution in [0.15, 0.2) is 40.9 Å². The summed E-state index contributed by atoms with van der Waals surface area (Å²) in [6, 6.07) is 6.48. The molecule has 4 nitrogen and oxygen atoms in total. The quantitative estimate of drug-likeness (QED) is 0.522. The molecular formula is C16H18BrClF2N4. The topological polar surface area (TPSA) is 41.1 Å². The molecule has 0 spiro atoms. The fourth-order valence-electron chi connectivity index (χ4n) is 1.97. The summed E-state index contributed by atoms with van der Waals surface area (Å²) in [5.41, 5.74) is 1.25. The van der Waals surface area contributed by atoms with Crippen molar-refractivity contribution in [3.63, 3.8) is 0 Å². The molecule has 2 aromatic rings. The first kappa shape index (κ1) is 20.3. The van der Waals surface area contributed by atoms with Gasteiger partial charge >= 0.3 is 0 Å². The second-order valence-electron chi connectivity index (χ2n) is 4.72. The minimum atomic E-state index is -0.351. The lowest BCUT2D eigenvalue weighted by Gasteiger charge is -2.26. The van der Waals surface area contributed by atoms with E-state index >= 15 is 0 Å². The number of halogens is 4. The van der Waals surface area contributed by atoms with Crippen molar-refractivity contribution in [2.24, 2.45) is 0 Å². The van der Waals surface area contributed by atoms with E-state index in [0.717, 1.165) is 5.57 Å². The van der Waals surface area contributed by atoms with Gasteiger partial charge in [0.25, 0.3) is 0 Å². The third-order valence-electron chi connectivity index (χ3n) is 2.87. The Morgan fingerprint density at radius 3 is 2.50 bits per heavy atom. The Kier molecular flexibility index (Phi) is 8.07. The predicted molar refractivity (Wildman–Crippen MR) is 99.5 cm³/mol. The summed E-state index contributed by atoms with van der Waals surface area (Å²) in [6.07, 6.45) is 0. The van der Waals surface area contributed by atoms with Crippen molar-refractivity contribution in [1.29, 1.82) is 0 Å². The van der Waals surface area contributed by atoms with Crippen LogP contribution in [0.2, 0.25) is 5.28 Å². The molecule has 1 heterocycles. The molecule has 1 aromatic heterocycles. The molecule has 0 amide bonds. The average molecular weight is 420 g/mol. The Labute approximate surface area is 153 Å². The third kappa shape index (κ3) is 4.88. The van der Waals surface area contributed by atoms with E-state index in [1.165, 1.54) is 6.07 Å². The Balaban J connectivity index is 0.00000139. The monoisotopic (exact) mass is 418 g/mol. The molecule has 0 fully saturated rings. The molecule has 130 valence electrons. The Morgan fingerprint density at radius 1 is 1.33 bits per heavy atom. The minimum Gasteiger partial charge on any atom is -0.372 e. The number of para-hydroxylation sites is 1. The van der Waals surface area contributed by atoms with Gasteiger partial charge in [0, 0.05) is 13.6 Å². The Hall–Kier alpha value is -1.73. The van der Waals surface area contributed by atoms with Crippen LogP contribution in [0.25, 0.3) is 0 Å². The van der Waals surface area contributed by atoms with Crippen molar-refractivity contribution in [3.05, 3.63) is 52.0 Å². The third-order valence-corrected chi connectivity index (χ3v) is 3.77. The van der Waals surface area contributed by atoms with Crippen LogP contribution in [0.5, 0.6) is 0 Å². The van der Waals surface area contributed by atoms with Gasteiger partial charge in [0.1, 0.15) is 16.1 Å². The van der Waals surface area contributed by atoms with E-state index in [9.17, 15) is 8.78 Å². The van der Waals surface area contributed by atoms with Crippen LogP contribution >= 0.6 is 27.5 Å². The summed E-state index contributed by atoms with van der Waals surface area (Å²) < 4.78 is 24.3. The van der Waals surface area contributed by atoms with Gasteiger partial charge in [-0.1, -0.05) is 24.3 Å². The minimum absolute atomic E-state index is 0.0746. The van der Waals surface area contributed by atoms with Gasteiger partial charge in [0.05, 0.1) is 12.9 Å². The first-order valence-electron chi connectivity index (χ1n) is 6.89. The van der Waals surface area contributed by atoms with Crippen LogP contribution in [0.1, 0.15) is 6.92 Å². The number of anilines is 3. The summed E-state index contributed by atoms with van der Waals surface area (Å²) >= 11 is 9.43. The summed E-state index contributed by atoms with van der Waals surface area (Å²) in [7, 11) is 2.22. The maximum Gasteiger partial charge on any atom is 0.226 e. The smallest absolute Gasteiger partial charge is 0.226 e. The van der Waals surface area contributed by atoms with E-state index in [4.69, 9.17) is 11.6 Å². The molecule has 1 N–H and O–H groups in total. The SMILES string of the molecule is C=C(C)CN(c1ccccc1F)c1nc(Cl)nc(NC)c1Br.CF. The fourth-order valence-corrected chi connectivity index (χ4v) is 2.72. The van der Waals surface area contributed by atoms with Crippen LogP contribution in [0.4, 0.5) is 26.1 Å². The van der Waals surface area contributed by atoms with Gasteiger partial charge in [-0.25, -0.2) is 4.39 Å². The van der Waals surface area contributed by atoms with Crippen molar-refractivity contribution in [2.45, 2.75) is 6.92 Å². The summed E-state index contributed by atoms with van der Waals surface area (Å²) in [5.74, 6) is 0.645. The van der Waals surface area contributed by atoms with Gasteiger partial charge in [-0.3, -0.25) is 4.39 Å². The first-order chi connectivity index (χ1) is 11.4. The summed E-state index contributed by atoms with van der Waals surface area (Å²) in [5, 5.41) is 3.00. The number of rotatable bonds is 5. The lowest BCUT2D eigenvalue weighted by atomic mass is 10.2. The molecule has 8 heteroatoms. The number of nitrogens with zero attached hydrogens (tertiary/aromatic N) is 3. The molecule has 2 rings (SSSR count). The van der Waals surface area contributed by atoms with E-state index in [2.05, 4.69) is 37.8 Å². The first-order valence-corrected chi connectivity index (χ1v) is 8.06. The largest absolute Gasteiger partial charge is 0.372 e. The van der Waals surface area contributed by atoms with Crippen molar-refractivity contribution in [2.75, 3.05) is 31.0 Å². The molecule has 1 aromatic carbocycles. The van der Waals surface area contributed by atoms with Crippen molar-refractivity contribution < 1.29 is 8.78 Å². The number of aromatic nitrogens is 2. The van der Waals surface area contributed by atoms with Gasteiger partial charge in [0.2, 0.25) is 5.28 Å². The van der Waals surface area contributed by atoms with Crippen LogP contribution in [-0.4, -0.2) is 30.7 Å². The van der Waals surface area contributed by atoms with E-state index in [1.807, 2.05) is 6.92 Å². The highest BCUT2D eigenvalue weighted by atomic mass is 79.9. The fraction of sp³-hybridized carbons (Fsp3) is 0.250. The lowest BCUT2D eigenvalue weighted by molar-refractivity contribution is 0.625. The number of nitrogens with one attached hydrogen (secondary N) is 1. The molecule has 0 unspecified atom stereocenters. The van der Waals surface area contributed by atoms with Gasteiger partial charge in [0.15, 0.2) is 5.82 Å². The molecule has 0 atom stereocenters. The zero-order chi connectivity index (χ0) is 18.3. The van der Waals surface area contributed by atoms with E-state index in [1.54, 1.807) is 30.1 Å². The summed E-state index contributed by atoms with van der Waals surface area (Å²) in [4.78, 5) is 10.0. The number of hydrogen-bond donors (Lipinski definition) is 1. The zero-order valence-electron chi connectivity index (χ0n) is 13.6. The van der Waals surface area contributed by atoms with E-state index < -0.39 is 0 Å². The molecule has 0 radical (unpaired) electrons. The van der Waals surface area contributed by atoms with Gasteiger partial charge in [-0.05, 0) is 46.6 Å². The van der Waals surface area contributed by atoms with Gasteiger partial charge < -0.3 is 10.2 Å². The highest BCUT2D eigenvalue weighted by molar-refractivity contribution is 9.10. The van der Waals surface area contributed by atoms with Crippen LogP contribution in [0.3, 0.4) is 0 Å². The molecule has 0 bridgehead atoms. The molecule has 0 aliphatic heterocycles. The second kappa shape index (κ2) is 9.54. The molecule has 0 aliphatic carbocycles. The van der Waals surface area contributed by atoms with Crippen molar-refractivity contribution in [1.82, 2.24) is 9.97 Å². The molecule has 0 aliphatic rings. The molecule has 24 heavy (non-hydrogen) atoms. The highest BCUT2D eigenvalue weighted by Gasteiger charge is 2.21. The molecular weight excluding hydrogens is 402 g/mol. The molecule has 0 saturated carbocycles.